The van der Waals surface area contributed by atoms with Gasteiger partial charge in [-0.25, -0.2) is 18.5 Å². The predicted octanol–water partition coefficient (Wildman–Crippen LogP) is 1.48. The topological polar surface area (TPSA) is 158 Å². The first-order chi connectivity index (χ1) is 17.2. The molecule has 1 fully saturated rings. The third kappa shape index (κ3) is 5.57. The molecule has 14 heteroatoms. The number of likely N-dealkylation sites (N-methyl/N-ethyl adjacent to an activating group) is 1. The highest BCUT2D eigenvalue weighted by Gasteiger charge is 2.16. The second-order valence-electron chi connectivity index (χ2n) is 8.52. The number of nitrogens with zero attached hydrogens (tertiary/aromatic N) is 6. The molecule has 12 nitrogen and oxygen atoms in total. The Bertz CT molecular complexity index is 1460. The number of nitrogen functional groups attached to an aromatic ring is 1. The second-order valence-corrected chi connectivity index (χ2v) is 11.1. The molecule has 0 bridgehead atoms. The molecule has 4 aromatic rings. The SMILES string of the molecule is CN1CCN(CCOc2ccc3nc(-n4nc(Nc5ccc(S(N)(=O)=O)cc5)nc4N)sc3c2)CC1. The van der Waals surface area contributed by atoms with E-state index >= 15 is 0 Å². The fourth-order valence-electron chi connectivity index (χ4n) is 3.81. The molecule has 0 unspecified atom stereocenters. The molecule has 1 saturated heterocycles. The van der Waals surface area contributed by atoms with E-state index in [-0.39, 0.29) is 16.8 Å². The predicted molar refractivity (Wildman–Crippen MR) is 139 cm³/mol. The highest BCUT2D eigenvalue weighted by atomic mass is 32.2. The van der Waals surface area contributed by atoms with Gasteiger partial charge in [-0.3, -0.25) is 4.90 Å². The fourth-order valence-corrected chi connectivity index (χ4v) is 5.28. The lowest BCUT2D eigenvalue weighted by molar-refractivity contribution is 0.134. The third-order valence-corrected chi connectivity index (χ3v) is 7.80. The van der Waals surface area contributed by atoms with Crippen LogP contribution in [0.1, 0.15) is 0 Å². The molecule has 0 amide bonds. The van der Waals surface area contributed by atoms with Crippen LogP contribution < -0.4 is 20.9 Å². The van der Waals surface area contributed by atoms with Gasteiger partial charge in [-0.1, -0.05) is 11.3 Å². The summed E-state index contributed by atoms with van der Waals surface area (Å²) in [6.45, 7) is 5.83. The van der Waals surface area contributed by atoms with Gasteiger partial charge in [0.2, 0.25) is 27.1 Å². The number of rotatable bonds is 8. The summed E-state index contributed by atoms with van der Waals surface area (Å²) in [5.74, 6) is 1.22. The van der Waals surface area contributed by atoms with E-state index in [9.17, 15) is 8.42 Å². The van der Waals surface area contributed by atoms with Crippen molar-refractivity contribution in [1.29, 1.82) is 0 Å². The summed E-state index contributed by atoms with van der Waals surface area (Å²) in [6, 6.07) is 11.7. The standard InChI is InChI=1S/C22H27N9O3S2/c1-29-8-10-30(11-9-29)12-13-34-16-4-7-18-19(14-16)35-22(26-18)31-20(23)27-21(28-31)25-15-2-5-17(6-3-15)36(24,32)33/h2-7,14H,8-13H2,1H3,(H2,24,32,33)(H3,23,25,27,28). The maximum atomic E-state index is 11.4. The van der Waals surface area contributed by atoms with E-state index in [1.54, 1.807) is 12.1 Å². The number of fused-ring (bicyclic) bond motifs is 1. The van der Waals surface area contributed by atoms with Crippen molar-refractivity contribution in [2.24, 2.45) is 5.14 Å². The Balaban J connectivity index is 1.25. The maximum Gasteiger partial charge on any atom is 0.248 e. The number of aromatic nitrogens is 4. The number of benzene rings is 2. The number of piperazine rings is 1. The molecule has 0 aliphatic carbocycles. The van der Waals surface area contributed by atoms with Crippen LogP contribution in [0.25, 0.3) is 15.3 Å². The molecule has 1 aliphatic heterocycles. The largest absolute Gasteiger partial charge is 0.492 e. The molecule has 1 aliphatic rings. The normalized spacial score (nSPS) is 15.4. The molecule has 2 aromatic heterocycles. The number of anilines is 3. The van der Waals surface area contributed by atoms with E-state index in [2.05, 4.69) is 37.2 Å². The van der Waals surface area contributed by atoms with Gasteiger partial charge in [-0.2, -0.15) is 9.67 Å². The molecular weight excluding hydrogens is 502 g/mol. The van der Waals surface area contributed by atoms with Crippen LogP contribution in [0.2, 0.25) is 0 Å². The van der Waals surface area contributed by atoms with Crippen molar-refractivity contribution in [3.05, 3.63) is 42.5 Å². The minimum absolute atomic E-state index is 0.0169. The number of nitrogens with two attached hydrogens (primary N) is 2. The Labute approximate surface area is 212 Å². The van der Waals surface area contributed by atoms with E-state index in [4.69, 9.17) is 15.6 Å². The van der Waals surface area contributed by atoms with Gasteiger partial charge in [0, 0.05) is 38.4 Å². The van der Waals surface area contributed by atoms with Crippen molar-refractivity contribution in [2.45, 2.75) is 4.90 Å². The van der Waals surface area contributed by atoms with Crippen molar-refractivity contribution in [1.82, 2.24) is 29.5 Å². The van der Waals surface area contributed by atoms with Crippen LogP contribution in [0.4, 0.5) is 17.6 Å². The first-order valence-electron chi connectivity index (χ1n) is 11.3. The lowest BCUT2D eigenvalue weighted by Gasteiger charge is -2.32. The minimum Gasteiger partial charge on any atom is -0.492 e. The van der Waals surface area contributed by atoms with Crippen molar-refractivity contribution >= 4 is 49.2 Å². The van der Waals surface area contributed by atoms with E-state index in [0.29, 0.717) is 17.4 Å². The molecule has 5 N–H and O–H groups in total. The molecular formula is C22H27N9O3S2. The lowest BCUT2D eigenvalue weighted by Crippen LogP contribution is -2.45. The average molecular weight is 530 g/mol. The monoisotopic (exact) mass is 529 g/mol. The van der Waals surface area contributed by atoms with E-state index in [1.807, 2.05) is 18.2 Å². The molecule has 36 heavy (non-hydrogen) atoms. The summed E-state index contributed by atoms with van der Waals surface area (Å²) in [5, 5.41) is 13.1. The number of primary sulfonamides is 1. The molecule has 0 spiro atoms. The molecule has 3 heterocycles. The van der Waals surface area contributed by atoms with Crippen molar-refractivity contribution < 1.29 is 13.2 Å². The Morgan fingerprint density at radius 1 is 1.08 bits per heavy atom. The highest BCUT2D eigenvalue weighted by molar-refractivity contribution is 7.89. The van der Waals surface area contributed by atoms with Gasteiger partial charge in [0.1, 0.15) is 12.4 Å². The second kappa shape index (κ2) is 9.99. The number of sulfonamides is 1. The number of hydrogen-bond donors (Lipinski definition) is 3. The quantitative estimate of drug-likeness (QED) is 0.305. The Morgan fingerprint density at radius 3 is 2.56 bits per heavy atom. The van der Waals surface area contributed by atoms with Gasteiger partial charge in [0.05, 0.1) is 15.1 Å². The Hall–Kier alpha value is -3.30. The molecule has 0 saturated carbocycles. The number of ether oxygens (including phenoxy) is 1. The first kappa shape index (κ1) is 24.4. The molecule has 190 valence electrons. The van der Waals surface area contributed by atoms with Crippen LogP contribution in [0, 0.1) is 0 Å². The van der Waals surface area contributed by atoms with E-state index < -0.39 is 10.0 Å². The van der Waals surface area contributed by atoms with Gasteiger partial charge in [0.15, 0.2) is 0 Å². The molecule has 0 radical (unpaired) electrons. The van der Waals surface area contributed by atoms with Gasteiger partial charge < -0.3 is 20.7 Å². The highest BCUT2D eigenvalue weighted by Crippen LogP contribution is 2.29. The minimum atomic E-state index is -3.76. The van der Waals surface area contributed by atoms with E-state index in [0.717, 1.165) is 48.7 Å². The van der Waals surface area contributed by atoms with Crippen LogP contribution in [0.5, 0.6) is 5.75 Å². The zero-order valence-electron chi connectivity index (χ0n) is 19.7. The summed E-state index contributed by atoms with van der Waals surface area (Å²) in [4.78, 5) is 13.6. The van der Waals surface area contributed by atoms with Gasteiger partial charge in [-0.05, 0) is 49.5 Å². The summed E-state index contributed by atoms with van der Waals surface area (Å²) in [6.07, 6.45) is 0. The zero-order valence-corrected chi connectivity index (χ0v) is 21.3. The Morgan fingerprint density at radius 2 is 1.83 bits per heavy atom. The van der Waals surface area contributed by atoms with Gasteiger partial charge in [-0.15, -0.1) is 5.10 Å². The summed E-state index contributed by atoms with van der Waals surface area (Å²) >= 11 is 1.43. The zero-order chi connectivity index (χ0) is 25.3. The van der Waals surface area contributed by atoms with Crippen LogP contribution in [-0.4, -0.2) is 84.3 Å². The van der Waals surface area contributed by atoms with Crippen LogP contribution >= 0.6 is 11.3 Å². The van der Waals surface area contributed by atoms with Gasteiger partial charge >= 0.3 is 0 Å². The third-order valence-electron chi connectivity index (χ3n) is 5.87. The average Bonchev–Trinajstić information content (AvgIpc) is 3.42. The first-order valence-corrected chi connectivity index (χ1v) is 13.7. The van der Waals surface area contributed by atoms with Crippen molar-refractivity contribution in [3.63, 3.8) is 0 Å². The number of thiazole rings is 1. The summed E-state index contributed by atoms with van der Waals surface area (Å²) < 4.78 is 31.2. The molecule has 2 aromatic carbocycles. The van der Waals surface area contributed by atoms with Crippen LogP contribution in [0.15, 0.2) is 47.4 Å². The number of nitrogens with one attached hydrogen (secondary N) is 1. The lowest BCUT2D eigenvalue weighted by atomic mass is 10.3. The van der Waals surface area contributed by atoms with Crippen molar-refractivity contribution in [3.8, 4) is 10.9 Å². The van der Waals surface area contributed by atoms with Crippen LogP contribution in [-0.2, 0) is 10.0 Å². The fraction of sp³-hybridized carbons (Fsp3) is 0.318. The smallest absolute Gasteiger partial charge is 0.248 e. The summed E-state index contributed by atoms with van der Waals surface area (Å²) in [7, 11) is -1.62. The molecule has 0 atom stereocenters. The molecule has 5 rings (SSSR count). The van der Waals surface area contributed by atoms with Gasteiger partial charge in [0.25, 0.3) is 0 Å². The summed E-state index contributed by atoms with van der Waals surface area (Å²) in [5.41, 5.74) is 7.49. The number of hydrogen-bond acceptors (Lipinski definition) is 11. The maximum absolute atomic E-state index is 11.4. The van der Waals surface area contributed by atoms with E-state index in [1.165, 1.54) is 28.2 Å². The van der Waals surface area contributed by atoms with Crippen LogP contribution in [0.3, 0.4) is 0 Å². The van der Waals surface area contributed by atoms with Crippen molar-refractivity contribution in [2.75, 3.05) is 57.4 Å². The Kier molecular flexibility index (Phi) is 6.77.